The summed E-state index contributed by atoms with van der Waals surface area (Å²) in [6.45, 7) is 6.90. The predicted octanol–water partition coefficient (Wildman–Crippen LogP) is 1.23. The zero-order valence-corrected chi connectivity index (χ0v) is 15.2. The summed E-state index contributed by atoms with van der Waals surface area (Å²) in [6, 6.07) is -0.238. The smallest absolute Gasteiger partial charge is 0.321 e. The molecule has 2 N–H and O–H groups in total. The maximum atomic E-state index is 12.1. The Morgan fingerprint density at radius 2 is 1.96 bits per heavy atom. The second kappa shape index (κ2) is 7.75. The number of urea groups is 1. The number of nitrogens with one attached hydrogen (secondary N) is 2. The van der Waals surface area contributed by atoms with Crippen molar-refractivity contribution in [1.82, 2.24) is 15.5 Å². The quantitative estimate of drug-likeness (QED) is 0.808. The zero-order valence-electron chi connectivity index (χ0n) is 14.4. The van der Waals surface area contributed by atoms with Crippen molar-refractivity contribution in [2.75, 3.05) is 24.6 Å². The number of carbonyl (C=O) groups is 2. The van der Waals surface area contributed by atoms with Crippen LogP contribution in [0, 0.1) is 5.92 Å². The molecule has 0 aromatic rings. The summed E-state index contributed by atoms with van der Waals surface area (Å²) in [5, 5.41) is 5.36. The van der Waals surface area contributed by atoms with Crippen LogP contribution in [0.5, 0.6) is 0 Å². The average Bonchev–Trinajstić information content (AvgIpc) is 2.44. The summed E-state index contributed by atoms with van der Waals surface area (Å²) in [5.41, 5.74) is -0.283. The topological polar surface area (TPSA) is 78.5 Å². The Hall–Kier alpha value is -0.950. The Bertz CT molecular complexity index is 481. The van der Waals surface area contributed by atoms with E-state index in [0.29, 0.717) is 24.0 Å². The molecule has 7 heteroatoms. The van der Waals surface area contributed by atoms with E-state index in [-0.39, 0.29) is 24.0 Å². The van der Waals surface area contributed by atoms with Crippen LogP contribution in [0.25, 0.3) is 0 Å². The molecule has 0 aromatic carbocycles. The van der Waals surface area contributed by atoms with Crippen LogP contribution in [0.1, 0.15) is 46.5 Å². The highest BCUT2D eigenvalue weighted by Gasteiger charge is 2.34. The standard InChI is InChI=1S/C16H29N3O3S/c1-12-6-4-5-7-13(12)17-15(21)18-14(20)10-19-8-9-23(22)11-16(19,2)3/h12-13H,4-11H2,1-3H3,(H2,17,18,20,21)/t12-,13+,23-/m1/s1. The number of nitrogens with zero attached hydrogens (tertiary/aromatic N) is 1. The second-order valence-electron chi connectivity index (χ2n) is 7.41. The van der Waals surface area contributed by atoms with Crippen molar-refractivity contribution < 1.29 is 13.8 Å². The van der Waals surface area contributed by atoms with Crippen LogP contribution >= 0.6 is 0 Å². The Morgan fingerprint density at radius 1 is 1.26 bits per heavy atom. The van der Waals surface area contributed by atoms with E-state index in [1.165, 1.54) is 6.42 Å². The zero-order chi connectivity index (χ0) is 17.0. The predicted molar refractivity (Wildman–Crippen MR) is 91.6 cm³/mol. The van der Waals surface area contributed by atoms with Crippen LogP contribution in [-0.2, 0) is 15.6 Å². The lowest BCUT2D eigenvalue weighted by Gasteiger charge is -2.41. The summed E-state index contributed by atoms with van der Waals surface area (Å²) in [7, 11) is -0.818. The van der Waals surface area contributed by atoms with Gasteiger partial charge < -0.3 is 5.32 Å². The van der Waals surface area contributed by atoms with Crippen molar-refractivity contribution in [3.63, 3.8) is 0 Å². The van der Waals surface area contributed by atoms with Gasteiger partial charge in [0.2, 0.25) is 5.91 Å². The number of hydrogen-bond donors (Lipinski definition) is 2. The minimum Gasteiger partial charge on any atom is -0.335 e. The maximum Gasteiger partial charge on any atom is 0.321 e. The molecule has 0 spiro atoms. The van der Waals surface area contributed by atoms with Gasteiger partial charge in [0.25, 0.3) is 0 Å². The van der Waals surface area contributed by atoms with E-state index in [9.17, 15) is 13.8 Å². The van der Waals surface area contributed by atoms with Gasteiger partial charge in [-0.3, -0.25) is 19.2 Å². The monoisotopic (exact) mass is 343 g/mol. The van der Waals surface area contributed by atoms with Crippen molar-refractivity contribution in [3.8, 4) is 0 Å². The molecular weight excluding hydrogens is 314 g/mol. The minimum absolute atomic E-state index is 0.158. The highest BCUT2D eigenvalue weighted by atomic mass is 32.2. The lowest BCUT2D eigenvalue weighted by atomic mass is 9.86. The fourth-order valence-electron chi connectivity index (χ4n) is 3.44. The van der Waals surface area contributed by atoms with E-state index < -0.39 is 16.8 Å². The number of amides is 3. The fourth-order valence-corrected chi connectivity index (χ4v) is 4.98. The van der Waals surface area contributed by atoms with E-state index in [1.54, 1.807) is 0 Å². The molecule has 1 saturated heterocycles. The van der Waals surface area contributed by atoms with Crippen molar-refractivity contribution in [2.24, 2.45) is 5.92 Å². The third-order valence-electron chi connectivity index (χ3n) is 4.97. The van der Waals surface area contributed by atoms with Crippen LogP contribution in [0.15, 0.2) is 0 Å². The Labute approximate surface area is 141 Å². The van der Waals surface area contributed by atoms with Gasteiger partial charge in [0, 0.05) is 40.4 Å². The normalized spacial score (nSPS) is 31.3. The van der Waals surface area contributed by atoms with E-state index in [4.69, 9.17) is 0 Å². The average molecular weight is 343 g/mol. The van der Waals surface area contributed by atoms with Gasteiger partial charge in [0.15, 0.2) is 0 Å². The van der Waals surface area contributed by atoms with Gasteiger partial charge in [-0.15, -0.1) is 0 Å². The van der Waals surface area contributed by atoms with E-state index in [0.717, 1.165) is 19.3 Å². The highest BCUT2D eigenvalue weighted by Crippen LogP contribution is 2.23. The van der Waals surface area contributed by atoms with Crippen LogP contribution < -0.4 is 10.6 Å². The SMILES string of the molecule is C[C@@H]1CCCC[C@@H]1NC(=O)NC(=O)CN1CC[S@@](=O)CC1(C)C. The molecule has 1 aliphatic carbocycles. The van der Waals surface area contributed by atoms with Crippen molar-refractivity contribution in [3.05, 3.63) is 0 Å². The third kappa shape index (κ3) is 5.28. The molecule has 2 rings (SSSR count). The molecule has 6 nitrogen and oxygen atoms in total. The van der Waals surface area contributed by atoms with Gasteiger partial charge in [-0.25, -0.2) is 4.79 Å². The van der Waals surface area contributed by atoms with Crippen LogP contribution in [0.3, 0.4) is 0 Å². The summed E-state index contributed by atoms with van der Waals surface area (Å²) in [4.78, 5) is 26.1. The highest BCUT2D eigenvalue weighted by molar-refractivity contribution is 7.85. The molecule has 3 amide bonds. The summed E-state index contributed by atoms with van der Waals surface area (Å²) >= 11 is 0. The molecule has 3 atom stereocenters. The molecule has 0 radical (unpaired) electrons. The first kappa shape index (κ1) is 18.4. The first-order chi connectivity index (χ1) is 10.8. The van der Waals surface area contributed by atoms with Gasteiger partial charge in [0.1, 0.15) is 0 Å². The van der Waals surface area contributed by atoms with Crippen LogP contribution in [0.4, 0.5) is 4.79 Å². The molecule has 2 fully saturated rings. The van der Waals surface area contributed by atoms with Gasteiger partial charge in [-0.1, -0.05) is 19.8 Å². The van der Waals surface area contributed by atoms with Crippen molar-refractivity contribution in [2.45, 2.75) is 58.0 Å². The molecule has 23 heavy (non-hydrogen) atoms. The molecule has 1 saturated carbocycles. The summed E-state index contributed by atoms with van der Waals surface area (Å²) in [6.07, 6.45) is 4.44. The molecule has 1 heterocycles. The number of carbonyl (C=O) groups excluding carboxylic acids is 2. The van der Waals surface area contributed by atoms with E-state index in [2.05, 4.69) is 17.6 Å². The molecule has 0 unspecified atom stereocenters. The molecular formula is C16H29N3O3S. The van der Waals surface area contributed by atoms with Crippen molar-refractivity contribution >= 4 is 22.7 Å². The van der Waals surface area contributed by atoms with E-state index >= 15 is 0 Å². The van der Waals surface area contributed by atoms with E-state index in [1.807, 2.05) is 18.7 Å². The molecule has 0 bridgehead atoms. The summed E-state index contributed by atoms with van der Waals surface area (Å²) in [5.74, 6) is 1.31. The number of hydrogen-bond acceptors (Lipinski definition) is 4. The first-order valence-corrected chi connectivity index (χ1v) is 9.97. The van der Waals surface area contributed by atoms with Gasteiger partial charge in [-0.2, -0.15) is 0 Å². The number of imide groups is 1. The largest absolute Gasteiger partial charge is 0.335 e. The molecule has 132 valence electrons. The van der Waals surface area contributed by atoms with Crippen LogP contribution in [-0.4, -0.2) is 57.2 Å². The Balaban J connectivity index is 1.79. The Kier molecular flexibility index (Phi) is 6.19. The number of rotatable bonds is 3. The van der Waals surface area contributed by atoms with Crippen molar-refractivity contribution in [1.29, 1.82) is 0 Å². The fraction of sp³-hybridized carbons (Fsp3) is 0.875. The lowest BCUT2D eigenvalue weighted by Crippen LogP contribution is -2.57. The second-order valence-corrected chi connectivity index (χ2v) is 8.99. The molecule has 0 aromatic heterocycles. The summed E-state index contributed by atoms with van der Waals surface area (Å²) < 4.78 is 11.7. The van der Waals surface area contributed by atoms with Gasteiger partial charge in [-0.05, 0) is 32.6 Å². The maximum absolute atomic E-state index is 12.1. The first-order valence-electron chi connectivity index (χ1n) is 8.48. The third-order valence-corrected chi connectivity index (χ3v) is 6.64. The lowest BCUT2D eigenvalue weighted by molar-refractivity contribution is -0.122. The van der Waals surface area contributed by atoms with Gasteiger partial charge in [0.05, 0.1) is 6.54 Å². The minimum atomic E-state index is -0.818. The van der Waals surface area contributed by atoms with Gasteiger partial charge >= 0.3 is 6.03 Å². The molecule has 1 aliphatic heterocycles. The van der Waals surface area contributed by atoms with Crippen LogP contribution in [0.2, 0.25) is 0 Å². The Morgan fingerprint density at radius 3 is 2.61 bits per heavy atom. The molecule has 2 aliphatic rings.